The smallest absolute Gasteiger partial charge is 0.408 e. The minimum absolute atomic E-state index is 0.0246. The number of alkyl carbamates (subject to hydrolysis) is 1. The number of aromatic nitrogens is 2. The SMILES string of the molecule is Cc1nnc(SC[C@H]2O[C@@H](c3ccc(-c4cccc(CN5C(=O)CC(NC(=O)OCc6ccccc6)C5=O)c4)cc3)O[C@@H](c3ccc(CO)cc3)[C@H]2C)s1. The molecule has 0 bridgehead atoms. The van der Waals surface area contributed by atoms with Crippen LogP contribution < -0.4 is 5.32 Å². The van der Waals surface area contributed by atoms with Crippen LogP contribution in [0.1, 0.15) is 58.6 Å². The average Bonchev–Trinajstić information content (AvgIpc) is 3.74. The van der Waals surface area contributed by atoms with Gasteiger partial charge in [-0.05, 0) is 46.4 Å². The summed E-state index contributed by atoms with van der Waals surface area (Å²) in [5.74, 6) is -0.101. The fourth-order valence-corrected chi connectivity index (χ4v) is 8.54. The van der Waals surface area contributed by atoms with Crippen molar-refractivity contribution in [1.29, 1.82) is 0 Å². The summed E-state index contributed by atoms with van der Waals surface area (Å²) in [7, 11) is 0. The zero-order valence-electron chi connectivity index (χ0n) is 29.8. The number of hydrogen-bond acceptors (Lipinski definition) is 11. The van der Waals surface area contributed by atoms with Crippen LogP contribution >= 0.6 is 23.1 Å². The van der Waals surface area contributed by atoms with Crippen molar-refractivity contribution < 1.29 is 33.7 Å². The maximum atomic E-state index is 13.2. The van der Waals surface area contributed by atoms with Crippen LogP contribution in [0, 0.1) is 12.8 Å². The van der Waals surface area contributed by atoms with E-state index in [0.29, 0.717) is 5.75 Å². The van der Waals surface area contributed by atoms with Gasteiger partial charge in [0.1, 0.15) is 17.7 Å². The average molecular weight is 765 g/mol. The lowest BCUT2D eigenvalue weighted by atomic mass is 9.91. The Morgan fingerprint density at radius 2 is 1.65 bits per heavy atom. The van der Waals surface area contributed by atoms with Crippen LogP contribution in [0.25, 0.3) is 11.1 Å². The van der Waals surface area contributed by atoms with E-state index < -0.39 is 24.3 Å². The molecule has 13 heteroatoms. The summed E-state index contributed by atoms with van der Waals surface area (Å²) < 4.78 is 19.4. The zero-order valence-corrected chi connectivity index (χ0v) is 31.4. The Morgan fingerprint density at radius 1 is 0.907 bits per heavy atom. The molecule has 2 aliphatic heterocycles. The van der Waals surface area contributed by atoms with Gasteiger partial charge < -0.3 is 24.6 Å². The third kappa shape index (κ3) is 8.88. The summed E-state index contributed by atoms with van der Waals surface area (Å²) in [5.41, 5.74) is 6.18. The van der Waals surface area contributed by atoms with Gasteiger partial charge >= 0.3 is 6.09 Å². The zero-order chi connectivity index (χ0) is 37.6. The number of carbonyl (C=O) groups excluding carboxylic acids is 3. The number of rotatable bonds is 12. The Bertz CT molecular complexity index is 2080. The van der Waals surface area contributed by atoms with Crippen molar-refractivity contribution in [2.24, 2.45) is 5.92 Å². The highest BCUT2D eigenvalue weighted by atomic mass is 32.2. The van der Waals surface area contributed by atoms with Crippen LogP contribution in [0.3, 0.4) is 0 Å². The quantitative estimate of drug-likeness (QED) is 0.0995. The molecule has 3 amide bonds. The third-order valence-corrected chi connectivity index (χ3v) is 11.6. The molecule has 2 N–H and O–H groups in total. The lowest BCUT2D eigenvalue weighted by molar-refractivity contribution is -0.268. The number of benzene rings is 4. The van der Waals surface area contributed by atoms with Crippen molar-refractivity contribution in [1.82, 2.24) is 20.4 Å². The lowest BCUT2D eigenvalue weighted by Gasteiger charge is -2.41. The molecule has 2 aliphatic rings. The highest BCUT2D eigenvalue weighted by Gasteiger charge is 2.40. The van der Waals surface area contributed by atoms with Crippen LogP contribution in [0.5, 0.6) is 0 Å². The number of aliphatic hydroxyl groups is 1. The van der Waals surface area contributed by atoms with Crippen molar-refractivity contribution in [2.75, 3.05) is 5.75 Å². The highest BCUT2D eigenvalue weighted by molar-refractivity contribution is 8.01. The van der Waals surface area contributed by atoms with Crippen molar-refractivity contribution in [3.05, 3.63) is 136 Å². The van der Waals surface area contributed by atoms with E-state index in [1.165, 1.54) is 4.90 Å². The molecular weight excluding hydrogens is 725 g/mol. The molecule has 5 aromatic rings. The Balaban J connectivity index is 1.01. The Morgan fingerprint density at radius 3 is 2.37 bits per heavy atom. The summed E-state index contributed by atoms with van der Waals surface area (Å²) >= 11 is 3.19. The fraction of sp³-hybridized carbons (Fsp3) is 0.293. The maximum Gasteiger partial charge on any atom is 0.408 e. The lowest BCUT2D eigenvalue weighted by Crippen LogP contribution is -2.41. The predicted molar refractivity (Wildman–Crippen MR) is 204 cm³/mol. The molecule has 0 radical (unpaired) electrons. The van der Waals surface area contributed by atoms with E-state index in [9.17, 15) is 19.5 Å². The molecule has 2 fully saturated rings. The van der Waals surface area contributed by atoms with E-state index in [2.05, 4.69) is 22.4 Å². The second-order valence-corrected chi connectivity index (χ2v) is 15.8. The van der Waals surface area contributed by atoms with Gasteiger partial charge in [-0.15, -0.1) is 10.2 Å². The highest BCUT2D eigenvalue weighted by Crippen LogP contribution is 2.43. The number of thioether (sulfide) groups is 1. The van der Waals surface area contributed by atoms with Crippen LogP contribution in [0.15, 0.2) is 107 Å². The fourth-order valence-electron chi connectivity index (χ4n) is 6.53. The van der Waals surface area contributed by atoms with E-state index in [4.69, 9.17) is 14.2 Å². The van der Waals surface area contributed by atoms with E-state index in [-0.39, 0.29) is 50.2 Å². The van der Waals surface area contributed by atoms with Crippen molar-refractivity contribution in [3.8, 4) is 11.1 Å². The normalized spacial score (nSPS) is 21.3. The first-order chi connectivity index (χ1) is 26.2. The molecule has 54 heavy (non-hydrogen) atoms. The predicted octanol–water partition coefficient (Wildman–Crippen LogP) is 7.14. The van der Waals surface area contributed by atoms with Gasteiger partial charge in [-0.1, -0.05) is 127 Å². The summed E-state index contributed by atoms with van der Waals surface area (Å²) in [6.07, 6.45) is -1.86. The Kier molecular flexibility index (Phi) is 11.8. The maximum absolute atomic E-state index is 13.2. The molecule has 5 atom stereocenters. The molecule has 2 saturated heterocycles. The minimum atomic E-state index is -0.977. The van der Waals surface area contributed by atoms with Gasteiger partial charge in [0, 0.05) is 17.2 Å². The number of aryl methyl sites for hydroxylation is 1. The van der Waals surface area contributed by atoms with E-state index in [1.54, 1.807) is 23.1 Å². The van der Waals surface area contributed by atoms with Gasteiger partial charge in [-0.3, -0.25) is 14.5 Å². The topological polar surface area (TPSA) is 140 Å². The molecule has 7 rings (SSSR count). The first-order valence-electron chi connectivity index (χ1n) is 17.7. The third-order valence-electron chi connectivity index (χ3n) is 9.53. The minimum Gasteiger partial charge on any atom is -0.445 e. The molecule has 0 saturated carbocycles. The first-order valence-corrected chi connectivity index (χ1v) is 19.5. The number of imide groups is 1. The number of carbonyl (C=O) groups is 3. The summed E-state index contributed by atoms with van der Waals surface area (Å²) in [4.78, 5) is 39.6. The van der Waals surface area contributed by atoms with Gasteiger partial charge in [0.2, 0.25) is 5.91 Å². The molecular formula is C41H40N4O7S2. The monoisotopic (exact) mass is 764 g/mol. The van der Waals surface area contributed by atoms with Gasteiger partial charge in [0.25, 0.3) is 5.91 Å². The Hall–Kier alpha value is -4.92. The van der Waals surface area contributed by atoms with Crippen molar-refractivity contribution >= 4 is 41.0 Å². The standard InChI is InChI=1S/C41H40N4O7S2/c1-25-35(24-53-41-44-43-26(2)54-41)51-39(52-37(25)31-13-11-27(22-46)12-14-31)32-17-15-30(16-18-32)33-10-6-9-29(19-33)21-45-36(47)20-34(38(45)48)42-40(49)50-23-28-7-4-3-5-8-28/h3-19,25,34-35,37,39,46H,20-24H2,1-2H3,(H,42,49)/t25-,34?,35+,37+,39+/m0/s1. The molecule has 1 aromatic heterocycles. The van der Waals surface area contributed by atoms with Gasteiger partial charge in [-0.2, -0.15) is 0 Å². The largest absolute Gasteiger partial charge is 0.445 e. The van der Waals surface area contributed by atoms with E-state index in [1.807, 2.05) is 110 Å². The van der Waals surface area contributed by atoms with E-state index >= 15 is 0 Å². The number of amides is 3. The number of nitrogens with zero attached hydrogens (tertiary/aromatic N) is 3. The van der Waals surface area contributed by atoms with Crippen LogP contribution in [0.4, 0.5) is 4.79 Å². The number of aliphatic hydroxyl groups excluding tert-OH is 1. The molecule has 278 valence electrons. The van der Waals surface area contributed by atoms with E-state index in [0.717, 1.165) is 48.3 Å². The van der Waals surface area contributed by atoms with Crippen molar-refractivity contribution in [3.63, 3.8) is 0 Å². The second-order valence-electron chi connectivity index (χ2n) is 13.3. The van der Waals surface area contributed by atoms with Crippen LogP contribution in [-0.2, 0) is 43.6 Å². The van der Waals surface area contributed by atoms with Gasteiger partial charge in [0.15, 0.2) is 10.6 Å². The molecule has 11 nitrogen and oxygen atoms in total. The summed E-state index contributed by atoms with van der Waals surface area (Å²) in [6.45, 7) is 4.19. The second kappa shape index (κ2) is 17.0. The number of hydrogen-bond donors (Lipinski definition) is 2. The Labute approximate surface area is 321 Å². The number of ether oxygens (including phenoxy) is 3. The number of likely N-dealkylation sites (tertiary alicyclic amines) is 1. The van der Waals surface area contributed by atoms with Crippen molar-refractivity contribution in [2.45, 2.75) is 68.9 Å². The van der Waals surface area contributed by atoms with Crippen LogP contribution in [0.2, 0.25) is 0 Å². The molecule has 0 spiro atoms. The molecule has 0 aliphatic carbocycles. The molecule has 1 unspecified atom stereocenters. The molecule has 3 heterocycles. The van der Waals surface area contributed by atoms with Gasteiger partial charge in [0.05, 0.1) is 31.8 Å². The first kappa shape index (κ1) is 37.4. The summed E-state index contributed by atoms with van der Waals surface area (Å²) in [6, 6.07) is 31.8. The van der Waals surface area contributed by atoms with Gasteiger partial charge in [-0.25, -0.2) is 4.79 Å². The number of nitrogens with one attached hydrogen (secondary N) is 1. The summed E-state index contributed by atoms with van der Waals surface area (Å²) in [5, 5.41) is 21.5. The molecule has 4 aromatic carbocycles. The van der Waals surface area contributed by atoms with Crippen LogP contribution in [-0.4, -0.2) is 56.0 Å².